The van der Waals surface area contributed by atoms with Crippen molar-refractivity contribution in [3.63, 3.8) is 0 Å². The number of hydrogen-bond donors (Lipinski definition) is 0. The fourth-order valence-corrected chi connectivity index (χ4v) is 3.79. The molecule has 0 unspecified atom stereocenters. The molecule has 2 heterocycles. The predicted octanol–water partition coefficient (Wildman–Crippen LogP) is 3.79. The van der Waals surface area contributed by atoms with Crippen LogP contribution in [0.1, 0.15) is 16.1 Å². The first kappa shape index (κ1) is 17.1. The monoisotopic (exact) mass is 367 g/mol. The normalized spacial score (nSPS) is 15.5. The van der Waals surface area contributed by atoms with E-state index in [1.165, 1.54) is 5.56 Å². The fourth-order valence-electron chi connectivity index (χ4n) is 3.62. The smallest absolute Gasteiger partial charge is 0.270 e. The average Bonchev–Trinajstić information content (AvgIpc) is 2.99. The summed E-state index contributed by atoms with van der Waals surface area (Å²) in [5.74, 6) is 0.0965. The van der Waals surface area contributed by atoms with E-state index in [4.69, 9.17) is 11.6 Å². The van der Waals surface area contributed by atoms with Gasteiger partial charge in [0.25, 0.3) is 5.91 Å². The molecule has 0 atom stereocenters. The summed E-state index contributed by atoms with van der Waals surface area (Å²) < 4.78 is 1.94. The number of rotatable bonds is 3. The van der Waals surface area contributed by atoms with Gasteiger partial charge in [0.1, 0.15) is 5.69 Å². The lowest BCUT2D eigenvalue weighted by Crippen LogP contribution is -2.48. The van der Waals surface area contributed by atoms with Crippen molar-refractivity contribution in [1.29, 1.82) is 0 Å². The molecule has 26 heavy (non-hydrogen) atoms. The van der Waals surface area contributed by atoms with Gasteiger partial charge in [-0.2, -0.15) is 0 Å². The Morgan fingerprint density at radius 3 is 2.46 bits per heavy atom. The van der Waals surface area contributed by atoms with E-state index in [1.54, 1.807) is 0 Å². The molecule has 1 saturated heterocycles. The first-order chi connectivity index (χ1) is 12.6. The first-order valence-corrected chi connectivity index (χ1v) is 9.30. The lowest BCUT2D eigenvalue weighted by molar-refractivity contribution is 0.0619. The molecule has 0 bridgehead atoms. The van der Waals surface area contributed by atoms with E-state index >= 15 is 0 Å². The summed E-state index contributed by atoms with van der Waals surface area (Å²) in [5.41, 5.74) is 3.03. The number of nitrogens with zero attached hydrogens (tertiary/aromatic N) is 3. The van der Waals surface area contributed by atoms with Gasteiger partial charge in [-0.15, -0.1) is 0 Å². The van der Waals surface area contributed by atoms with Crippen LogP contribution in [0.2, 0.25) is 5.02 Å². The Bertz CT molecular complexity index is 927. The van der Waals surface area contributed by atoms with Crippen LogP contribution in [0, 0.1) is 0 Å². The Labute approximate surface area is 158 Å². The summed E-state index contributed by atoms with van der Waals surface area (Å²) in [6, 6.07) is 18.2. The second-order valence-corrected chi connectivity index (χ2v) is 7.28. The molecule has 0 spiro atoms. The Morgan fingerprint density at radius 1 is 1.00 bits per heavy atom. The summed E-state index contributed by atoms with van der Waals surface area (Å²) in [5, 5.41) is 1.73. The lowest BCUT2D eigenvalue weighted by atomic mass is 10.2. The van der Waals surface area contributed by atoms with Gasteiger partial charge in [-0.05, 0) is 23.8 Å². The Kier molecular flexibility index (Phi) is 4.70. The number of benzene rings is 2. The Hall–Kier alpha value is -2.30. The Balaban J connectivity index is 1.44. The number of aryl methyl sites for hydroxylation is 1. The number of carbonyl (C=O) groups excluding carboxylic acids is 1. The van der Waals surface area contributed by atoms with Gasteiger partial charge < -0.3 is 9.47 Å². The van der Waals surface area contributed by atoms with E-state index in [0.29, 0.717) is 5.02 Å². The molecule has 0 radical (unpaired) electrons. The molecule has 1 amide bonds. The van der Waals surface area contributed by atoms with Crippen LogP contribution >= 0.6 is 11.6 Å². The molecule has 1 fully saturated rings. The van der Waals surface area contributed by atoms with E-state index in [9.17, 15) is 4.79 Å². The van der Waals surface area contributed by atoms with Gasteiger partial charge >= 0.3 is 0 Å². The average molecular weight is 368 g/mol. The zero-order valence-corrected chi connectivity index (χ0v) is 15.6. The van der Waals surface area contributed by atoms with Gasteiger partial charge in [-0.25, -0.2) is 0 Å². The predicted molar refractivity (Wildman–Crippen MR) is 106 cm³/mol. The third-order valence-electron chi connectivity index (χ3n) is 5.14. The maximum absolute atomic E-state index is 13.0. The maximum Gasteiger partial charge on any atom is 0.270 e. The van der Waals surface area contributed by atoms with Crippen LogP contribution in [-0.4, -0.2) is 46.5 Å². The largest absolute Gasteiger partial charge is 0.340 e. The van der Waals surface area contributed by atoms with Gasteiger partial charge in [0, 0.05) is 55.7 Å². The second-order valence-electron chi connectivity index (χ2n) is 6.85. The molecule has 2 aromatic carbocycles. The SMILES string of the molecule is Cn1c(C(=O)N2CCN(Cc3ccccc3)CC2)cc2ccc(Cl)cc21. The summed E-state index contributed by atoms with van der Waals surface area (Å²) in [7, 11) is 1.93. The number of fused-ring (bicyclic) bond motifs is 1. The summed E-state index contributed by atoms with van der Waals surface area (Å²) >= 11 is 6.10. The maximum atomic E-state index is 13.0. The van der Waals surface area contributed by atoms with Crippen molar-refractivity contribution in [2.24, 2.45) is 7.05 Å². The van der Waals surface area contributed by atoms with Crippen molar-refractivity contribution in [3.05, 3.63) is 70.9 Å². The summed E-state index contributed by atoms with van der Waals surface area (Å²) in [4.78, 5) is 17.4. The molecule has 0 saturated carbocycles. The van der Waals surface area contributed by atoms with Crippen molar-refractivity contribution in [1.82, 2.24) is 14.4 Å². The molecule has 1 aliphatic heterocycles. The van der Waals surface area contributed by atoms with Crippen molar-refractivity contribution < 1.29 is 4.79 Å². The number of amides is 1. The molecular weight excluding hydrogens is 346 g/mol. The number of halogens is 1. The molecule has 0 N–H and O–H groups in total. The minimum absolute atomic E-state index is 0.0965. The van der Waals surface area contributed by atoms with E-state index in [2.05, 4.69) is 29.2 Å². The van der Waals surface area contributed by atoms with Gasteiger partial charge in [0.15, 0.2) is 0 Å². The quantitative estimate of drug-likeness (QED) is 0.704. The van der Waals surface area contributed by atoms with E-state index in [0.717, 1.165) is 49.3 Å². The zero-order chi connectivity index (χ0) is 18.1. The summed E-state index contributed by atoms with van der Waals surface area (Å²) in [6.45, 7) is 4.25. The van der Waals surface area contributed by atoms with Crippen LogP contribution in [0.3, 0.4) is 0 Å². The molecule has 4 nitrogen and oxygen atoms in total. The molecule has 3 aromatic rings. The molecule has 1 aromatic heterocycles. The van der Waals surface area contributed by atoms with Gasteiger partial charge in [0.2, 0.25) is 0 Å². The highest BCUT2D eigenvalue weighted by Gasteiger charge is 2.24. The molecular formula is C21H22ClN3O. The van der Waals surface area contributed by atoms with Gasteiger partial charge in [0.05, 0.1) is 0 Å². The van der Waals surface area contributed by atoms with Crippen LogP contribution in [0.25, 0.3) is 10.9 Å². The molecule has 5 heteroatoms. The summed E-state index contributed by atoms with van der Waals surface area (Å²) in [6.07, 6.45) is 0. The van der Waals surface area contributed by atoms with E-state index < -0.39 is 0 Å². The third kappa shape index (κ3) is 3.35. The topological polar surface area (TPSA) is 28.5 Å². The van der Waals surface area contributed by atoms with Crippen LogP contribution in [0.4, 0.5) is 0 Å². The number of aromatic nitrogens is 1. The van der Waals surface area contributed by atoms with E-state index in [1.807, 2.05) is 46.8 Å². The number of carbonyl (C=O) groups is 1. The van der Waals surface area contributed by atoms with Crippen molar-refractivity contribution in [3.8, 4) is 0 Å². The second kappa shape index (κ2) is 7.14. The lowest BCUT2D eigenvalue weighted by Gasteiger charge is -2.34. The molecule has 4 rings (SSSR count). The third-order valence-corrected chi connectivity index (χ3v) is 5.37. The fraction of sp³-hybridized carbons (Fsp3) is 0.286. The number of hydrogen-bond acceptors (Lipinski definition) is 2. The molecule has 134 valence electrons. The van der Waals surface area contributed by atoms with Crippen molar-refractivity contribution in [2.45, 2.75) is 6.54 Å². The minimum Gasteiger partial charge on any atom is -0.340 e. The van der Waals surface area contributed by atoms with Gasteiger partial charge in [-0.1, -0.05) is 48.0 Å². The Morgan fingerprint density at radius 2 is 1.73 bits per heavy atom. The highest BCUT2D eigenvalue weighted by atomic mass is 35.5. The van der Waals surface area contributed by atoms with Crippen molar-refractivity contribution >= 4 is 28.4 Å². The van der Waals surface area contributed by atoms with Crippen LogP contribution < -0.4 is 0 Å². The van der Waals surface area contributed by atoms with Crippen LogP contribution in [-0.2, 0) is 13.6 Å². The van der Waals surface area contributed by atoms with Crippen LogP contribution in [0.15, 0.2) is 54.6 Å². The highest BCUT2D eigenvalue weighted by molar-refractivity contribution is 6.31. The highest BCUT2D eigenvalue weighted by Crippen LogP contribution is 2.24. The standard InChI is InChI=1S/C21H22ClN3O/c1-23-19-14-18(22)8-7-17(19)13-20(23)21(26)25-11-9-24(10-12-25)15-16-5-3-2-4-6-16/h2-8,13-14H,9-12,15H2,1H3. The van der Waals surface area contributed by atoms with Crippen LogP contribution in [0.5, 0.6) is 0 Å². The van der Waals surface area contributed by atoms with Crippen molar-refractivity contribution in [2.75, 3.05) is 26.2 Å². The minimum atomic E-state index is 0.0965. The number of piperazine rings is 1. The van der Waals surface area contributed by atoms with Gasteiger partial charge in [-0.3, -0.25) is 9.69 Å². The zero-order valence-electron chi connectivity index (χ0n) is 14.9. The molecule has 0 aliphatic carbocycles. The van der Waals surface area contributed by atoms with E-state index in [-0.39, 0.29) is 5.91 Å². The first-order valence-electron chi connectivity index (χ1n) is 8.92. The molecule has 1 aliphatic rings.